The van der Waals surface area contributed by atoms with E-state index in [4.69, 9.17) is 4.74 Å². The van der Waals surface area contributed by atoms with Crippen LogP contribution in [0.25, 0.3) is 0 Å². The van der Waals surface area contributed by atoms with Gasteiger partial charge in [0.05, 0.1) is 5.56 Å². The zero-order valence-corrected chi connectivity index (χ0v) is 19.2. The Kier molecular flexibility index (Phi) is 7.48. The number of alkyl halides is 3. The van der Waals surface area contributed by atoms with E-state index in [0.29, 0.717) is 11.5 Å². The molecule has 7 heteroatoms. The van der Waals surface area contributed by atoms with Gasteiger partial charge in [-0.15, -0.1) is 13.2 Å². The smallest absolute Gasteiger partial charge is 0.423 e. The van der Waals surface area contributed by atoms with Crippen LogP contribution in [0.5, 0.6) is 11.5 Å². The lowest BCUT2D eigenvalue weighted by molar-refractivity contribution is -0.274. The van der Waals surface area contributed by atoms with Crippen molar-refractivity contribution in [3.8, 4) is 11.5 Å². The van der Waals surface area contributed by atoms with Crippen molar-refractivity contribution >= 4 is 5.97 Å². The van der Waals surface area contributed by atoms with E-state index >= 15 is 0 Å². The van der Waals surface area contributed by atoms with Gasteiger partial charge in [-0.05, 0) is 97.7 Å². The second kappa shape index (κ2) is 10.4. The van der Waals surface area contributed by atoms with Crippen LogP contribution in [-0.4, -0.2) is 12.3 Å². The van der Waals surface area contributed by atoms with Gasteiger partial charge in [0.25, 0.3) is 0 Å². The predicted molar refractivity (Wildman–Crippen MR) is 120 cm³/mol. The van der Waals surface area contributed by atoms with Crippen LogP contribution in [0.2, 0.25) is 0 Å². The fourth-order valence-electron chi connectivity index (χ4n) is 5.80. The molecular weight excluding hydrogens is 448 g/mol. The molecule has 0 bridgehead atoms. The molecule has 0 radical (unpaired) electrons. The lowest BCUT2D eigenvalue weighted by Crippen LogP contribution is -2.30. The Labute approximate surface area is 197 Å². The highest BCUT2D eigenvalue weighted by Crippen LogP contribution is 2.48. The molecule has 2 aliphatic rings. The highest BCUT2D eigenvalue weighted by molar-refractivity contribution is 5.91. The fraction of sp³-hybridized carbons (Fsp3) is 0.519. The van der Waals surface area contributed by atoms with E-state index in [2.05, 4.69) is 11.7 Å². The summed E-state index contributed by atoms with van der Waals surface area (Å²) < 4.78 is 60.8. The average molecular weight is 479 g/mol. The Morgan fingerprint density at radius 3 is 2.29 bits per heavy atom. The molecule has 0 aromatic heterocycles. The summed E-state index contributed by atoms with van der Waals surface area (Å²) in [5.74, 6) is 0.858. The topological polar surface area (TPSA) is 35.5 Å². The molecule has 0 N–H and O–H groups in total. The van der Waals surface area contributed by atoms with Crippen molar-refractivity contribution in [2.75, 3.05) is 0 Å². The van der Waals surface area contributed by atoms with Crippen molar-refractivity contribution in [3.05, 3.63) is 59.4 Å². The van der Waals surface area contributed by atoms with Crippen molar-refractivity contribution in [3.63, 3.8) is 0 Å². The first kappa shape index (κ1) is 24.6. The SMILES string of the molecule is CCC[C@H]1CC[C@@H]2CC(c3ccc(C(=O)Oc4ccc(OC(F)(F)F)cc4)cc3F)CC[C@H]2C1. The number of benzene rings is 2. The van der Waals surface area contributed by atoms with Crippen LogP contribution in [0.15, 0.2) is 42.5 Å². The van der Waals surface area contributed by atoms with Crippen LogP contribution in [0.3, 0.4) is 0 Å². The number of fused-ring (bicyclic) bond motifs is 1. The minimum atomic E-state index is -4.80. The fourth-order valence-corrected chi connectivity index (χ4v) is 5.80. The van der Waals surface area contributed by atoms with E-state index in [-0.39, 0.29) is 17.2 Å². The molecule has 3 nitrogen and oxygen atoms in total. The number of carbonyl (C=O) groups is 1. The molecular formula is C27H30F4O3. The molecule has 2 saturated carbocycles. The van der Waals surface area contributed by atoms with Gasteiger partial charge in [-0.25, -0.2) is 9.18 Å². The van der Waals surface area contributed by atoms with Crippen LogP contribution in [0.1, 0.15) is 80.1 Å². The summed E-state index contributed by atoms with van der Waals surface area (Å²) in [6, 6.07) is 8.92. The molecule has 2 aromatic rings. The van der Waals surface area contributed by atoms with Gasteiger partial charge >= 0.3 is 12.3 Å². The summed E-state index contributed by atoms with van der Waals surface area (Å²) in [6.07, 6.45) is 4.65. The van der Waals surface area contributed by atoms with E-state index in [1.165, 1.54) is 50.3 Å². The number of esters is 1. The molecule has 0 amide bonds. The monoisotopic (exact) mass is 478 g/mol. The van der Waals surface area contributed by atoms with E-state index in [1.54, 1.807) is 12.1 Å². The lowest BCUT2D eigenvalue weighted by Gasteiger charge is -2.42. The molecule has 0 aliphatic heterocycles. The van der Waals surface area contributed by atoms with Gasteiger partial charge in [0.1, 0.15) is 17.3 Å². The molecule has 0 heterocycles. The molecule has 184 valence electrons. The van der Waals surface area contributed by atoms with Crippen LogP contribution in [0, 0.1) is 23.6 Å². The second-order valence-corrected chi connectivity index (χ2v) is 9.64. The van der Waals surface area contributed by atoms with E-state index in [1.807, 2.05) is 0 Å². The molecule has 4 atom stereocenters. The van der Waals surface area contributed by atoms with E-state index < -0.39 is 23.9 Å². The summed E-state index contributed by atoms with van der Waals surface area (Å²) in [5, 5.41) is 0. The Morgan fingerprint density at radius 2 is 1.62 bits per heavy atom. The number of rotatable bonds is 6. The van der Waals surface area contributed by atoms with Gasteiger partial charge in [-0.1, -0.05) is 32.3 Å². The van der Waals surface area contributed by atoms with Gasteiger partial charge < -0.3 is 9.47 Å². The first-order valence-electron chi connectivity index (χ1n) is 12.1. The predicted octanol–water partition coefficient (Wildman–Crippen LogP) is 8.04. The second-order valence-electron chi connectivity index (χ2n) is 9.64. The molecule has 1 unspecified atom stereocenters. The lowest BCUT2D eigenvalue weighted by atomic mass is 9.63. The summed E-state index contributed by atoms with van der Waals surface area (Å²) in [6.45, 7) is 2.24. The number of halogens is 4. The maximum atomic E-state index is 15.0. The minimum Gasteiger partial charge on any atom is -0.423 e. The summed E-state index contributed by atoms with van der Waals surface area (Å²) in [7, 11) is 0. The van der Waals surface area contributed by atoms with Crippen molar-refractivity contribution in [1.29, 1.82) is 0 Å². The first-order valence-corrected chi connectivity index (χ1v) is 12.1. The maximum absolute atomic E-state index is 15.0. The zero-order chi connectivity index (χ0) is 24.3. The molecule has 0 spiro atoms. The third-order valence-electron chi connectivity index (χ3n) is 7.36. The molecule has 2 aliphatic carbocycles. The Hall–Kier alpha value is -2.57. The van der Waals surface area contributed by atoms with Gasteiger partial charge in [-0.3, -0.25) is 0 Å². The molecule has 0 saturated heterocycles. The van der Waals surface area contributed by atoms with E-state index in [9.17, 15) is 22.4 Å². The summed E-state index contributed by atoms with van der Waals surface area (Å²) in [4.78, 5) is 12.4. The Balaban J connectivity index is 1.36. The quantitative estimate of drug-likeness (QED) is 0.239. The highest BCUT2D eigenvalue weighted by atomic mass is 19.4. The summed E-state index contributed by atoms with van der Waals surface area (Å²) >= 11 is 0. The normalized spacial score (nSPS) is 24.9. The third-order valence-corrected chi connectivity index (χ3v) is 7.36. The first-order chi connectivity index (χ1) is 16.2. The van der Waals surface area contributed by atoms with Crippen LogP contribution < -0.4 is 9.47 Å². The molecule has 2 fully saturated rings. The molecule has 34 heavy (non-hydrogen) atoms. The van der Waals surface area contributed by atoms with E-state index in [0.717, 1.165) is 43.2 Å². The highest BCUT2D eigenvalue weighted by Gasteiger charge is 2.36. The summed E-state index contributed by atoms with van der Waals surface area (Å²) in [5.41, 5.74) is 0.713. The van der Waals surface area contributed by atoms with Gasteiger partial charge in [0.2, 0.25) is 0 Å². The number of ether oxygens (including phenoxy) is 2. The van der Waals surface area contributed by atoms with Gasteiger partial charge in [0.15, 0.2) is 0 Å². The molecule has 4 rings (SSSR count). The van der Waals surface area contributed by atoms with Crippen LogP contribution >= 0.6 is 0 Å². The van der Waals surface area contributed by atoms with Crippen molar-refractivity contribution < 1.29 is 31.8 Å². The third kappa shape index (κ3) is 6.10. The number of hydrogen-bond acceptors (Lipinski definition) is 3. The minimum absolute atomic E-state index is 0.0426. The van der Waals surface area contributed by atoms with Gasteiger partial charge in [-0.2, -0.15) is 0 Å². The Bertz CT molecular complexity index is 986. The van der Waals surface area contributed by atoms with Crippen molar-refractivity contribution in [2.24, 2.45) is 17.8 Å². The Morgan fingerprint density at radius 1 is 0.941 bits per heavy atom. The largest absolute Gasteiger partial charge is 0.573 e. The van der Waals surface area contributed by atoms with Crippen molar-refractivity contribution in [1.82, 2.24) is 0 Å². The number of hydrogen-bond donors (Lipinski definition) is 0. The van der Waals surface area contributed by atoms with Crippen LogP contribution in [-0.2, 0) is 0 Å². The van der Waals surface area contributed by atoms with Gasteiger partial charge in [0, 0.05) is 0 Å². The maximum Gasteiger partial charge on any atom is 0.573 e. The number of carbonyl (C=O) groups excluding carboxylic acids is 1. The standard InChI is InChI=1S/C27H30F4O3/c1-2-3-17-4-5-19-15-20(7-6-18(19)14-17)24-13-8-21(16-25(24)28)26(32)33-22-9-11-23(12-10-22)34-27(29,30)31/h8-13,16-20H,2-7,14-15H2,1H3/t17-,18-,19+,20?/m0/s1. The zero-order valence-electron chi connectivity index (χ0n) is 19.2. The van der Waals surface area contributed by atoms with Crippen molar-refractivity contribution in [2.45, 2.75) is 70.6 Å². The molecule has 2 aromatic carbocycles. The van der Waals surface area contributed by atoms with Crippen LogP contribution in [0.4, 0.5) is 17.6 Å². The average Bonchev–Trinajstić information content (AvgIpc) is 2.79.